The Bertz CT molecular complexity index is 1480. The van der Waals surface area contributed by atoms with Crippen LogP contribution in [-0.4, -0.2) is 104 Å². The molecule has 4 rings (SSSR count). The number of aryl methyl sites for hydroxylation is 1. The topological polar surface area (TPSA) is 158 Å². The summed E-state index contributed by atoms with van der Waals surface area (Å²) < 4.78 is 10.8. The van der Waals surface area contributed by atoms with Crippen molar-refractivity contribution >= 4 is 29.4 Å². The number of nitrogens with one attached hydrogen (secondary N) is 4. The van der Waals surface area contributed by atoms with Crippen LogP contribution in [0.1, 0.15) is 65.0 Å². The van der Waals surface area contributed by atoms with Crippen molar-refractivity contribution in [2.75, 3.05) is 39.5 Å². The Labute approximate surface area is 308 Å². The van der Waals surface area contributed by atoms with E-state index < -0.39 is 47.5 Å². The molecule has 12 nitrogen and oxygen atoms in total. The van der Waals surface area contributed by atoms with Gasteiger partial charge in [0.15, 0.2) is 5.78 Å². The summed E-state index contributed by atoms with van der Waals surface area (Å²) >= 11 is 0. The number of morpholine rings is 1. The number of epoxide rings is 1. The standard InChI is InChI=1S/C40H57N5O7/c1-27(2)22-32(36(47)40(5)26-52-40)42-39(50)34(24-30-14-10-7-11-15-30)44-38(49)33(23-28(3)4)43-37(48)31(17-16-29-12-8-6-9-13-29)41-35(46)25-45-18-20-51-21-19-45/h6-15,27-28,31-34H,16-26H2,1-5H3,(H,41,46)(H,42,50)(H,43,48)(H,44,49)/t31-,32-,33-,34-,40+/m1/s1. The van der Waals surface area contributed by atoms with Crippen LogP contribution >= 0.6 is 0 Å². The third-order valence-corrected chi connectivity index (χ3v) is 9.38. The lowest BCUT2D eigenvalue weighted by Gasteiger charge is -2.29. The Morgan fingerprint density at radius 2 is 1.19 bits per heavy atom. The molecule has 2 aliphatic heterocycles. The number of hydrogen-bond acceptors (Lipinski definition) is 8. The molecule has 0 saturated carbocycles. The number of benzene rings is 2. The lowest BCUT2D eigenvalue weighted by Crippen LogP contribution is -2.59. The Hall–Kier alpha value is -4.13. The lowest BCUT2D eigenvalue weighted by atomic mass is 9.93. The summed E-state index contributed by atoms with van der Waals surface area (Å²) in [7, 11) is 0. The molecule has 2 aromatic carbocycles. The van der Waals surface area contributed by atoms with E-state index >= 15 is 0 Å². The van der Waals surface area contributed by atoms with Gasteiger partial charge in [-0.15, -0.1) is 0 Å². The highest BCUT2D eigenvalue weighted by Gasteiger charge is 2.50. The minimum Gasteiger partial charge on any atom is -0.379 e. The van der Waals surface area contributed by atoms with Crippen molar-refractivity contribution in [3.05, 3.63) is 71.8 Å². The zero-order chi connectivity index (χ0) is 37.7. The van der Waals surface area contributed by atoms with E-state index in [-0.39, 0.29) is 36.5 Å². The molecule has 2 fully saturated rings. The molecule has 0 spiro atoms. The second kappa shape index (κ2) is 19.6. The Kier molecular flexibility index (Phi) is 15.3. The minimum absolute atomic E-state index is 0.0171. The first-order valence-corrected chi connectivity index (χ1v) is 18.6. The molecule has 0 bridgehead atoms. The van der Waals surface area contributed by atoms with Gasteiger partial charge in [0.25, 0.3) is 0 Å². The minimum atomic E-state index is -1.03. The first-order valence-electron chi connectivity index (χ1n) is 18.6. The van der Waals surface area contributed by atoms with Crippen LogP contribution in [0.2, 0.25) is 0 Å². The Balaban J connectivity index is 1.51. The van der Waals surface area contributed by atoms with Crippen LogP contribution in [-0.2, 0) is 46.3 Å². The third-order valence-electron chi connectivity index (χ3n) is 9.38. The molecular weight excluding hydrogens is 662 g/mol. The van der Waals surface area contributed by atoms with Gasteiger partial charge in [0.05, 0.1) is 32.4 Å². The summed E-state index contributed by atoms with van der Waals surface area (Å²) in [6, 6.07) is 15.3. The van der Waals surface area contributed by atoms with Crippen LogP contribution < -0.4 is 21.3 Å². The summed E-state index contributed by atoms with van der Waals surface area (Å²) in [5.74, 6) is -1.83. The number of ketones is 1. The van der Waals surface area contributed by atoms with E-state index in [4.69, 9.17) is 9.47 Å². The van der Waals surface area contributed by atoms with Crippen LogP contribution in [0.25, 0.3) is 0 Å². The van der Waals surface area contributed by atoms with E-state index in [0.717, 1.165) is 11.1 Å². The van der Waals surface area contributed by atoms with Gasteiger partial charge in [0.2, 0.25) is 23.6 Å². The molecule has 2 aromatic rings. The predicted molar refractivity (Wildman–Crippen MR) is 198 cm³/mol. The number of carbonyl (C=O) groups excluding carboxylic acids is 5. The smallest absolute Gasteiger partial charge is 0.243 e. The van der Waals surface area contributed by atoms with Gasteiger partial charge >= 0.3 is 0 Å². The number of hydrogen-bond donors (Lipinski definition) is 4. The summed E-state index contributed by atoms with van der Waals surface area (Å²) in [6.07, 6.45) is 1.76. The molecule has 2 heterocycles. The third kappa shape index (κ3) is 13.1. The average molecular weight is 720 g/mol. The fourth-order valence-electron chi connectivity index (χ4n) is 6.33. The quantitative estimate of drug-likeness (QED) is 0.152. The van der Waals surface area contributed by atoms with Crippen molar-refractivity contribution in [3.63, 3.8) is 0 Å². The molecular formula is C40H57N5O7. The highest BCUT2D eigenvalue weighted by atomic mass is 16.6. The summed E-state index contributed by atoms with van der Waals surface area (Å²) in [6.45, 7) is 12.3. The van der Waals surface area contributed by atoms with Crippen molar-refractivity contribution in [2.24, 2.45) is 11.8 Å². The number of rotatable bonds is 20. The van der Waals surface area contributed by atoms with Crippen LogP contribution in [0.5, 0.6) is 0 Å². The van der Waals surface area contributed by atoms with Crippen LogP contribution in [0, 0.1) is 11.8 Å². The zero-order valence-electron chi connectivity index (χ0n) is 31.3. The normalized spacial score (nSPS) is 19.6. The molecule has 12 heteroatoms. The van der Waals surface area contributed by atoms with Crippen molar-refractivity contribution < 1.29 is 33.4 Å². The van der Waals surface area contributed by atoms with Gasteiger partial charge in [-0.3, -0.25) is 28.9 Å². The number of ether oxygens (including phenoxy) is 2. The fraction of sp³-hybridized carbons (Fsp3) is 0.575. The van der Waals surface area contributed by atoms with Gasteiger partial charge in [-0.1, -0.05) is 88.4 Å². The summed E-state index contributed by atoms with van der Waals surface area (Å²) in [5, 5.41) is 11.7. The first-order chi connectivity index (χ1) is 24.8. The first kappa shape index (κ1) is 40.6. The zero-order valence-corrected chi connectivity index (χ0v) is 31.3. The summed E-state index contributed by atoms with van der Waals surface area (Å²) in [4.78, 5) is 70.5. The molecule has 2 saturated heterocycles. The highest BCUT2D eigenvalue weighted by Crippen LogP contribution is 2.29. The average Bonchev–Trinajstić information content (AvgIpc) is 3.87. The van der Waals surface area contributed by atoms with Gasteiger partial charge in [0, 0.05) is 19.5 Å². The van der Waals surface area contributed by atoms with E-state index in [2.05, 4.69) is 21.3 Å². The maximum atomic E-state index is 14.1. The number of nitrogens with zero attached hydrogens (tertiary/aromatic N) is 1. The second-order valence-corrected chi connectivity index (χ2v) is 15.0. The molecule has 2 aliphatic rings. The molecule has 0 aliphatic carbocycles. The SMILES string of the molecule is CC(C)C[C@@H](NC(=O)[C@@H](CCc1ccccc1)NC(=O)CN1CCOCC1)C(=O)N[C@H](Cc1ccccc1)C(=O)N[C@H](CC(C)C)C(=O)[C@]1(C)CO1. The van der Waals surface area contributed by atoms with Crippen molar-refractivity contribution in [3.8, 4) is 0 Å². The largest absolute Gasteiger partial charge is 0.379 e. The van der Waals surface area contributed by atoms with Crippen LogP contribution in [0.4, 0.5) is 0 Å². The maximum Gasteiger partial charge on any atom is 0.243 e. The monoisotopic (exact) mass is 719 g/mol. The van der Waals surface area contributed by atoms with Crippen molar-refractivity contribution in [1.29, 1.82) is 0 Å². The van der Waals surface area contributed by atoms with Gasteiger partial charge in [0.1, 0.15) is 23.7 Å². The van der Waals surface area contributed by atoms with Crippen molar-refractivity contribution in [2.45, 2.75) is 96.5 Å². The lowest BCUT2D eigenvalue weighted by molar-refractivity contribution is -0.135. The maximum absolute atomic E-state index is 14.1. The van der Waals surface area contributed by atoms with Crippen molar-refractivity contribution in [1.82, 2.24) is 26.2 Å². The molecule has 52 heavy (non-hydrogen) atoms. The van der Waals surface area contributed by atoms with Crippen LogP contribution in [0.15, 0.2) is 60.7 Å². The number of carbonyl (C=O) groups is 5. The van der Waals surface area contributed by atoms with E-state index in [1.165, 1.54) is 0 Å². The molecule has 5 atom stereocenters. The van der Waals surface area contributed by atoms with Gasteiger partial charge < -0.3 is 30.7 Å². The van der Waals surface area contributed by atoms with E-state index in [9.17, 15) is 24.0 Å². The second-order valence-electron chi connectivity index (χ2n) is 15.0. The molecule has 4 N–H and O–H groups in total. The summed E-state index contributed by atoms with van der Waals surface area (Å²) in [5.41, 5.74) is 0.915. The van der Waals surface area contributed by atoms with E-state index in [1.54, 1.807) is 6.92 Å². The van der Waals surface area contributed by atoms with Crippen LogP contribution in [0.3, 0.4) is 0 Å². The van der Waals surface area contributed by atoms with Gasteiger partial charge in [-0.25, -0.2) is 0 Å². The number of amides is 4. The predicted octanol–water partition coefficient (Wildman–Crippen LogP) is 2.58. The Morgan fingerprint density at radius 1 is 0.692 bits per heavy atom. The van der Waals surface area contributed by atoms with Gasteiger partial charge in [-0.2, -0.15) is 0 Å². The highest BCUT2D eigenvalue weighted by molar-refractivity contribution is 5.98. The fourth-order valence-corrected chi connectivity index (χ4v) is 6.33. The molecule has 0 radical (unpaired) electrons. The van der Waals surface area contributed by atoms with E-state index in [1.807, 2.05) is 93.3 Å². The van der Waals surface area contributed by atoms with Gasteiger partial charge in [-0.05, 0) is 55.6 Å². The Morgan fingerprint density at radius 3 is 1.77 bits per heavy atom. The molecule has 0 aromatic heterocycles. The molecule has 284 valence electrons. The molecule has 4 amide bonds. The number of Topliss-reactive ketones (excluding diaryl/α,β-unsaturated/α-hetero) is 1. The molecule has 0 unspecified atom stereocenters. The van der Waals surface area contributed by atoms with E-state index in [0.29, 0.717) is 58.6 Å².